The fraction of sp³-hybridized carbons (Fsp3) is 0.364. The molecule has 0 saturated heterocycles. The Morgan fingerprint density at radius 2 is 2.28 bits per heavy atom. The van der Waals surface area contributed by atoms with Crippen molar-refractivity contribution in [3.8, 4) is 0 Å². The summed E-state index contributed by atoms with van der Waals surface area (Å²) < 4.78 is 5.05. The van der Waals surface area contributed by atoms with Crippen molar-refractivity contribution >= 4 is 17.3 Å². The molecule has 18 heavy (non-hydrogen) atoms. The van der Waals surface area contributed by atoms with Gasteiger partial charge in [0.1, 0.15) is 5.56 Å². The average molecular weight is 253 g/mol. The number of hydrogen-bond donors (Lipinski definition) is 2. The van der Waals surface area contributed by atoms with Crippen LogP contribution in [0.4, 0.5) is 11.4 Å². The van der Waals surface area contributed by atoms with Gasteiger partial charge in [0.2, 0.25) is 0 Å². The van der Waals surface area contributed by atoms with Crippen LogP contribution in [0.25, 0.3) is 0 Å². The predicted octanol–water partition coefficient (Wildman–Crippen LogP) is 0.943. The molecular formula is C11H15N3O4. The van der Waals surface area contributed by atoms with Crippen molar-refractivity contribution in [2.45, 2.75) is 6.92 Å². The van der Waals surface area contributed by atoms with Gasteiger partial charge in [0.25, 0.3) is 11.6 Å². The molecule has 1 aromatic carbocycles. The number of benzene rings is 1. The van der Waals surface area contributed by atoms with Gasteiger partial charge < -0.3 is 15.8 Å². The summed E-state index contributed by atoms with van der Waals surface area (Å²) in [6.45, 7) is 3.04. The Balaban J connectivity index is 2.77. The third-order valence-electron chi connectivity index (χ3n) is 2.20. The van der Waals surface area contributed by atoms with E-state index < -0.39 is 10.8 Å². The zero-order valence-corrected chi connectivity index (χ0v) is 10.0. The van der Waals surface area contributed by atoms with Gasteiger partial charge in [-0.15, -0.1) is 0 Å². The molecule has 7 heteroatoms. The smallest absolute Gasteiger partial charge is 0.282 e. The van der Waals surface area contributed by atoms with Crippen LogP contribution in [-0.2, 0) is 4.74 Å². The van der Waals surface area contributed by atoms with Crippen molar-refractivity contribution in [3.05, 3.63) is 33.9 Å². The number of carbonyl (C=O) groups excluding carboxylic acids is 1. The van der Waals surface area contributed by atoms with E-state index in [1.165, 1.54) is 18.2 Å². The molecule has 0 aliphatic carbocycles. The zero-order chi connectivity index (χ0) is 13.5. The lowest BCUT2D eigenvalue weighted by Gasteiger charge is -2.06. The van der Waals surface area contributed by atoms with E-state index in [0.717, 1.165) is 0 Å². The van der Waals surface area contributed by atoms with E-state index in [2.05, 4.69) is 5.32 Å². The number of nitrogens with two attached hydrogens (primary N) is 1. The third-order valence-corrected chi connectivity index (χ3v) is 2.20. The lowest BCUT2D eigenvalue weighted by atomic mass is 10.1. The van der Waals surface area contributed by atoms with Crippen LogP contribution in [0.2, 0.25) is 0 Å². The van der Waals surface area contributed by atoms with Gasteiger partial charge in [0, 0.05) is 24.9 Å². The molecule has 0 aromatic heterocycles. The summed E-state index contributed by atoms with van der Waals surface area (Å²) in [7, 11) is 0. The molecule has 0 spiro atoms. The highest BCUT2D eigenvalue weighted by atomic mass is 16.6. The second-order valence-corrected chi connectivity index (χ2v) is 3.49. The minimum atomic E-state index is -0.614. The van der Waals surface area contributed by atoms with E-state index in [0.29, 0.717) is 25.4 Å². The van der Waals surface area contributed by atoms with E-state index in [4.69, 9.17) is 10.5 Å². The van der Waals surface area contributed by atoms with Gasteiger partial charge in [-0.1, -0.05) is 0 Å². The van der Waals surface area contributed by atoms with E-state index >= 15 is 0 Å². The molecule has 0 radical (unpaired) electrons. The van der Waals surface area contributed by atoms with E-state index in [1.807, 2.05) is 6.92 Å². The molecule has 0 atom stereocenters. The van der Waals surface area contributed by atoms with Gasteiger partial charge in [-0.05, 0) is 19.1 Å². The number of nitro groups is 1. The van der Waals surface area contributed by atoms with Crippen LogP contribution in [0.15, 0.2) is 18.2 Å². The monoisotopic (exact) mass is 253 g/mol. The van der Waals surface area contributed by atoms with Crippen molar-refractivity contribution in [3.63, 3.8) is 0 Å². The Labute approximate surface area is 104 Å². The SMILES string of the molecule is CCOCCNC(=O)c1cc(N)ccc1[N+](=O)[O-]. The molecule has 98 valence electrons. The van der Waals surface area contributed by atoms with Crippen LogP contribution in [0, 0.1) is 10.1 Å². The third kappa shape index (κ3) is 3.70. The largest absolute Gasteiger partial charge is 0.399 e. The quantitative estimate of drug-likeness (QED) is 0.339. The second kappa shape index (κ2) is 6.55. The number of rotatable bonds is 6. The molecular weight excluding hydrogens is 238 g/mol. The molecule has 1 rings (SSSR count). The number of nitrogen functional groups attached to an aromatic ring is 1. The summed E-state index contributed by atoms with van der Waals surface area (Å²) in [4.78, 5) is 21.9. The van der Waals surface area contributed by atoms with Crippen LogP contribution in [0.1, 0.15) is 17.3 Å². The number of anilines is 1. The molecule has 0 unspecified atom stereocenters. The number of hydrogen-bond acceptors (Lipinski definition) is 5. The Morgan fingerprint density at radius 1 is 1.56 bits per heavy atom. The molecule has 0 fully saturated rings. The number of nitrogens with one attached hydrogen (secondary N) is 1. The number of amides is 1. The van der Waals surface area contributed by atoms with Crippen molar-refractivity contribution in [2.24, 2.45) is 0 Å². The first kappa shape index (κ1) is 13.9. The van der Waals surface area contributed by atoms with Crippen LogP contribution in [0.5, 0.6) is 0 Å². The molecule has 7 nitrogen and oxygen atoms in total. The molecule has 1 aromatic rings. The molecule has 0 aliphatic rings. The minimum Gasteiger partial charge on any atom is -0.399 e. The maximum Gasteiger partial charge on any atom is 0.282 e. The Kier molecular flexibility index (Phi) is 5.06. The summed E-state index contributed by atoms with van der Waals surface area (Å²) in [5.74, 6) is -0.534. The summed E-state index contributed by atoms with van der Waals surface area (Å²) in [5, 5.41) is 13.3. The molecule has 1 amide bonds. The Morgan fingerprint density at radius 3 is 2.89 bits per heavy atom. The van der Waals surface area contributed by atoms with Crippen LogP contribution < -0.4 is 11.1 Å². The van der Waals surface area contributed by atoms with Gasteiger partial charge in [0.15, 0.2) is 0 Å². The molecule has 3 N–H and O–H groups in total. The Hall–Kier alpha value is -2.15. The van der Waals surface area contributed by atoms with Crippen molar-refractivity contribution < 1.29 is 14.5 Å². The lowest BCUT2D eigenvalue weighted by Crippen LogP contribution is -2.28. The maximum atomic E-state index is 11.8. The first-order valence-electron chi connectivity index (χ1n) is 5.46. The number of ether oxygens (including phenoxy) is 1. The minimum absolute atomic E-state index is 0.0449. The fourth-order valence-electron chi connectivity index (χ4n) is 1.37. The molecule has 0 saturated carbocycles. The summed E-state index contributed by atoms with van der Waals surface area (Å²) >= 11 is 0. The first-order chi connectivity index (χ1) is 8.56. The van der Waals surface area contributed by atoms with Crippen LogP contribution in [0.3, 0.4) is 0 Å². The molecule has 0 heterocycles. The normalized spacial score (nSPS) is 10.1. The molecule has 0 bridgehead atoms. The Bertz CT molecular complexity index is 448. The van der Waals surface area contributed by atoms with Gasteiger partial charge >= 0.3 is 0 Å². The average Bonchev–Trinajstić information content (AvgIpc) is 2.34. The second-order valence-electron chi connectivity index (χ2n) is 3.49. The predicted molar refractivity (Wildman–Crippen MR) is 66.3 cm³/mol. The summed E-state index contributed by atoms with van der Waals surface area (Å²) in [5.41, 5.74) is 5.51. The summed E-state index contributed by atoms with van der Waals surface area (Å²) in [6.07, 6.45) is 0. The van der Waals surface area contributed by atoms with Gasteiger partial charge in [-0.2, -0.15) is 0 Å². The number of nitro benzene ring substituents is 1. The highest BCUT2D eigenvalue weighted by Crippen LogP contribution is 2.20. The highest BCUT2D eigenvalue weighted by molar-refractivity contribution is 5.99. The van der Waals surface area contributed by atoms with Crippen LogP contribution in [-0.4, -0.2) is 30.6 Å². The maximum absolute atomic E-state index is 11.8. The topological polar surface area (TPSA) is 107 Å². The van der Waals surface area contributed by atoms with Gasteiger partial charge in [-0.25, -0.2) is 0 Å². The molecule has 0 aliphatic heterocycles. The first-order valence-corrected chi connectivity index (χ1v) is 5.46. The van der Waals surface area contributed by atoms with E-state index in [1.54, 1.807) is 0 Å². The van der Waals surface area contributed by atoms with E-state index in [-0.39, 0.29) is 11.3 Å². The summed E-state index contributed by atoms with van der Waals surface area (Å²) in [6, 6.07) is 3.88. The van der Waals surface area contributed by atoms with Crippen molar-refractivity contribution in [1.29, 1.82) is 0 Å². The number of carbonyl (C=O) groups is 1. The van der Waals surface area contributed by atoms with Crippen molar-refractivity contribution in [1.82, 2.24) is 5.32 Å². The standard InChI is InChI=1S/C11H15N3O4/c1-2-18-6-5-13-11(15)9-7-8(12)3-4-10(9)14(16)17/h3-4,7H,2,5-6,12H2,1H3,(H,13,15). The lowest BCUT2D eigenvalue weighted by molar-refractivity contribution is -0.385. The zero-order valence-electron chi connectivity index (χ0n) is 10.0. The van der Waals surface area contributed by atoms with Gasteiger partial charge in [0.05, 0.1) is 11.5 Å². The van der Waals surface area contributed by atoms with Gasteiger partial charge in [-0.3, -0.25) is 14.9 Å². The fourth-order valence-corrected chi connectivity index (χ4v) is 1.37. The van der Waals surface area contributed by atoms with E-state index in [9.17, 15) is 14.9 Å². The van der Waals surface area contributed by atoms with Crippen LogP contribution >= 0.6 is 0 Å². The highest BCUT2D eigenvalue weighted by Gasteiger charge is 2.19. The van der Waals surface area contributed by atoms with Crippen molar-refractivity contribution in [2.75, 3.05) is 25.5 Å². The number of nitrogens with zero attached hydrogens (tertiary/aromatic N) is 1.